The van der Waals surface area contributed by atoms with Gasteiger partial charge in [-0.1, -0.05) is 23.6 Å². The van der Waals surface area contributed by atoms with Crippen molar-refractivity contribution in [3.63, 3.8) is 0 Å². The molecule has 1 aromatic heterocycles. The highest BCUT2D eigenvalue weighted by Gasteiger charge is 2.08. The highest BCUT2D eigenvalue weighted by atomic mass is 35.5. The SMILES string of the molecule is C#C/C=C(\C=C/Cn1c(/C(C)=C/C=N/C=C(\C)Cl)n[nH]c1=O)OC(C)C. The summed E-state index contributed by atoms with van der Waals surface area (Å²) in [5, 5.41) is 7.08. The zero-order valence-electron chi connectivity index (χ0n) is 15.4. The molecule has 0 radical (unpaired) electrons. The van der Waals surface area contributed by atoms with Gasteiger partial charge in [-0.05, 0) is 45.4 Å². The third-order valence-corrected chi connectivity index (χ3v) is 3.04. The Bertz CT molecular complexity index is 842. The van der Waals surface area contributed by atoms with Gasteiger partial charge in [-0.25, -0.2) is 9.89 Å². The third-order valence-electron chi connectivity index (χ3n) is 2.94. The van der Waals surface area contributed by atoms with Crippen LogP contribution >= 0.6 is 11.6 Å². The Kier molecular flexibility index (Phi) is 8.96. The van der Waals surface area contributed by atoms with Crippen molar-refractivity contribution in [2.24, 2.45) is 4.99 Å². The molecule has 1 rings (SSSR count). The van der Waals surface area contributed by atoms with Crippen LogP contribution in [-0.4, -0.2) is 27.1 Å². The summed E-state index contributed by atoms with van der Waals surface area (Å²) in [6.45, 7) is 7.71. The lowest BCUT2D eigenvalue weighted by molar-refractivity contribution is 0.158. The van der Waals surface area contributed by atoms with Crippen molar-refractivity contribution < 1.29 is 4.74 Å². The second-order valence-corrected chi connectivity index (χ2v) is 6.21. The minimum absolute atomic E-state index is 0.00148. The van der Waals surface area contributed by atoms with E-state index in [2.05, 4.69) is 21.1 Å². The summed E-state index contributed by atoms with van der Waals surface area (Å²) in [6, 6.07) is 0. The average Bonchev–Trinajstić information content (AvgIpc) is 2.92. The van der Waals surface area contributed by atoms with Crippen LogP contribution in [0, 0.1) is 12.3 Å². The molecule has 0 aliphatic heterocycles. The largest absolute Gasteiger partial charge is 0.490 e. The van der Waals surface area contributed by atoms with Crippen molar-refractivity contribution in [2.45, 2.75) is 40.3 Å². The topological polar surface area (TPSA) is 72.3 Å². The lowest BCUT2D eigenvalue weighted by Gasteiger charge is -2.09. The standard InChI is InChI=1S/C19H23ClN4O2/c1-6-8-17(26-14(2)3)9-7-12-24-18(22-23-19(24)25)15(4)10-11-21-13-16(5)20/h1,7-11,13-14H,12H2,2-5H3,(H,23,25)/b9-7-,15-10+,16-13+,17-8+,21-11+. The van der Waals surface area contributed by atoms with Crippen LogP contribution in [0.2, 0.25) is 0 Å². The Hall–Kier alpha value is -2.78. The van der Waals surface area contributed by atoms with Crippen LogP contribution < -0.4 is 5.69 Å². The Labute approximate surface area is 158 Å². The molecule has 0 aromatic carbocycles. The first-order valence-corrected chi connectivity index (χ1v) is 8.40. The first kappa shape index (κ1) is 21.3. The van der Waals surface area contributed by atoms with Crippen LogP contribution in [0.25, 0.3) is 5.57 Å². The number of nitrogens with one attached hydrogen (secondary N) is 1. The number of allylic oxidation sites excluding steroid dienone is 6. The number of hydrogen-bond acceptors (Lipinski definition) is 4. The number of ether oxygens (including phenoxy) is 1. The van der Waals surface area contributed by atoms with Crippen molar-refractivity contribution in [1.29, 1.82) is 0 Å². The summed E-state index contributed by atoms with van der Waals surface area (Å²) in [6.07, 6.45) is 15.2. The first-order valence-electron chi connectivity index (χ1n) is 8.02. The van der Waals surface area contributed by atoms with Crippen molar-refractivity contribution in [1.82, 2.24) is 14.8 Å². The summed E-state index contributed by atoms with van der Waals surface area (Å²) < 4.78 is 7.08. The van der Waals surface area contributed by atoms with Crippen LogP contribution in [0.15, 0.2) is 51.1 Å². The molecule has 0 fully saturated rings. The van der Waals surface area contributed by atoms with E-state index < -0.39 is 0 Å². The van der Waals surface area contributed by atoms with E-state index in [1.807, 2.05) is 20.8 Å². The molecular formula is C19H23ClN4O2. The molecular weight excluding hydrogens is 352 g/mol. The summed E-state index contributed by atoms with van der Waals surface area (Å²) in [7, 11) is 0. The van der Waals surface area contributed by atoms with Gasteiger partial charge in [0.1, 0.15) is 5.76 Å². The van der Waals surface area contributed by atoms with Gasteiger partial charge in [-0.2, -0.15) is 5.10 Å². The molecule has 0 saturated heterocycles. The molecule has 0 aliphatic carbocycles. The molecule has 6 nitrogen and oxygen atoms in total. The molecule has 1 heterocycles. The molecule has 1 aromatic rings. The molecule has 0 bridgehead atoms. The van der Waals surface area contributed by atoms with Gasteiger partial charge in [0.15, 0.2) is 5.82 Å². The van der Waals surface area contributed by atoms with Crippen LogP contribution in [0.5, 0.6) is 0 Å². The van der Waals surface area contributed by atoms with Gasteiger partial charge in [0, 0.05) is 30.1 Å². The van der Waals surface area contributed by atoms with E-state index in [9.17, 15) is 4.79 Å². The number of rotatable bonds is 8. The highest BCUT2D eigenvalue weighted by molar-refractivity contribution is 6.29. The van der Waals surface area contributed by atoms with E-state index in [0.717, 1.165) is 5.57 Å². The van der Waals surface area contributed by atoms with Crippen molar-refractivity contribution >= 4 is 23.4 Å². The number of aromatic nitrogens is 3. The van der Waals surface area contributed by atoms with Gasteiger partial charge < -0.3 is 4.74 Å². The zero-order valence-corrected chi connectivity index (χ0v) is 16.1. The van der Waals surface area contributed by atoms with Crippen LogP contribution in [0.3, 0.4) is 0 Å². The van der Waals surface area contributed by atoms with Gasteiger partial charge in [-0.15, -0.1) is 6.42 Å². The molecule has 0 amide bonds. The Balaban J connectivity index is 2.96. The fourth-order valence-electron chi connectivity index (χ4n) is 1.91. The summed E-state index contributed by atoms with van der Waals surface area (Å²) in [5.74, 6) is 3.51. The molecule has 0 atom stereocenters. The number of nitrogens with zero attached hydrogens (tertiary/aromatic N) is 3. The van der Waals surface area contributed by atoms with E-state index in [4.69, 9.17) is 22.8 Å². The highest BCUT2D eigenvalue weighted by Crippen LogP contribution is 2.09. The molecule has 0 aliphatic rings. The molecule has 0 saturated carbocycles. The molecule has 1 N–H and O–H groups in total. The second-order valence-electron chi connectivity index (χ2n) is 5.61. The van der Waals surface area contributed by atoms with E-state index in [0.29, 0.717) is 23.2 Å². The Morgan fingerprint density at radius 3 is 2.85 bits per heavy atom. The number of terminal acetylenes is 1. The van der Waals surface area contributed by atoms with Crippen LogP contribution in [-0.2, 0) is 11.3 Å². The fourth-order valence-corrected chi connectivity index (χ4v) is 1.97. The van der Waals surface area contributed by atoms with Gasteiger partial charge >= 0.3 is 5.69 Å². The van der Waals surface area contributed by atoms with E-state index >= 15 is 0 Å². The molecule has 138 valence electrons. The van der Waals surface area contributed by atoms with Crippen molar-refractivity contribution in [3.05, 3.63) is 57.6 Å². The quantitative estimate of drug-likeness (QED) is 0.327. The summed E-state index contributed by atoms with van der Waals surface area (Å²) in [4.78, 5) is 16.0. The molecule has 7 heteroatoms. The molecule has 0 unspecified atom stereocenters. The van der Waals surface area contributed by atoms with Crippen LogP contribution in [0.1, 0.15) is 33.5 Å². The van der Waals surface area contributed by atoms with E-state index in [1.165, 1.54) is 16.8 Å². The maximum absolute atomic E-state index is 12.0. The molecule has 26 heavy (non-hydrogen) atoms. The number of aromatic amines is 1. The third kappa shape index (κ3) is 7.41. The predicted molar refractivity (Wildman–Crippen MR) is 107 cm³/mol. The maximum Gasteiger partial charge on any atom is 0.343 e. The monoisotopic (exact) mass is 374 g/mol. The van der Waals surface area contributed by atoms with Gasteiger partial charge in [0.05, 0.1) is 6.10 Å². The number of H-pyrrole nitrogens is 1. The lowest BCUT2D eigenvalue weighted by atomic mass is 10.2. The predicted octanol–water partition coefficient (Wildman–Crippen LogP) is 3.64. The Morgan fingerprint density at radius 1 is 1.50 bits per heavy atom. The second kappa shape index (κ2) is 11.0. The molecule has 0 spiro atoms. The first-order chi connectivity index (χ1) is 12.3. The fraction of sp³-hybridized carbons (Fsp3) is 0.316. The minimum Gasteiger partial charge on any atom is -0.490 e. The summed E-state index contributed by atoms with van der Waals surface area (Å²) >= 11 is 5.70. The normalized spacial score (nSPS) is 13.8. The van der Waals surface area contributed by atoms with E-state index in [1.54, 1.807) is 31.4 Å². The smallest absolute Gasteiger partial charge is 0.343 e. The Morgan fingerprint density at radius 2 is 2.23 bits per heavy atom. The zero-order chi connectivity index (χ0) is 19.5. The maximum atomic E-state index is 12.0. The van der Waals surface area contributed by atoms with Crippen molar-refractivity contribution in [3.8, 4) is 12.3 Å². The van der Waals surface area contributed by atoms with Gasteiger partial charge in [-0.3, -0.25) is 9.56 Å². The number of hydrogen-bond donors (Lipinski definition) is 1. The average molecular weight is 375 g/mol. The van der Waals surface area contributed by atoms with Crippen molar-refractivity contribution in [2.75, 3.05) is 0 Å². The summed E-state index contributed by atoms with van der Waals surface area (Å²) in [5.41, 5.74) is 0.469. The minimum atomic E-state index is -0.307. The number of halogens is 1. The van der Waals surface area contributed by atoms with Gasteiger partial charge in [0.25, 0.3) is 0 Å². The van der Waals surface area contributed by atoms with Crippen LogP contribution in [0.4, 0.5) is 0 Å². The van der Waals surface area contributed by atoms with Gasteiger partial charge in [0.2, 0.25) is 0 Å². The lowest BCUT2D eigenvalue weighted by Crippen LogP contribution is -2.17. The number of aliphatic imine (C=N–C) groups is 1. The van der Waals surface area contributed by atoms with E-state index in [-0.39, 0.29) is 11.8 Å².